The van der Waals surface area contributed by atoms with Gasteiger partial charge >= 0.3 is 0 Å². The van der Waals surface area contributed by atoms with Crippen molar-refractivity contribution in [2.24, 2.45) is 0 Å². The summed E-state index contributed by atoms with van der Waals surface area (Å²) in [5, 5.41) is 3.12. The van der Waals surface area contributed by atoms with Gasteiger partial charge in [-0.25, -0.2) is 4.39 Å². The van der Waals surface area contributed by atoms with Crippen molar-refractivity contribution in [2.45, 2.75) is 6.42 Å². The number of benzene rings is 2. The molecule has 0 bridgehead atoms. The molecule has 0 aliphatic carbocycles. The minimum atomic E-state index is -0.480. The number of para-hydroxylation sites is 1. The summed E-state index contributed by atoms with van der Waals surface area (Å²) in [6.45, 7) is 0.656. The van der Waals surface area contributed by atoms with E-state index in [-0.39, 0.29) is 10.9 Å². The molecule has 0 radical (unpaired) electrons. The molecule has 3 aromatic rings. The van der Waals surface area contributed by atoms with Crippen LogP contribution in [0.2, 0.25) is 5.02 Å². The summed E-state index contributed by atoms with van der Waals surface area (Å²) in [6, 6.07) is 14.0. The van der Waals surface area contributed by atoms with Crippen molar-refractivity contribution in [1.29, 1.82) is 0 Å². The lowest BCUT2D eigenvalue weighted by Gasteiger charge is -2.17. The summed E-state index contributed by atoms with van der Waals surface area (Å²) in [4.78, 5) is 18.8. The molecule has 4 rings (SSSR count). The zero-order chi connectivity index (χ0) is 18.1. The number of carbonyl (C=O) groups excluding carboxylic acids is 1. The second-order valence-corrected chi connectivity index (χ2v) is 6.46. The van der Waals surface area contributed by atoms with Crippen LogP contribution < -0.4 is 10.2 Å². The summed E-state index contributed by atoms with van der Waals surface area (Å²) in [5.41, 5.74) is 3.85. The highest BCUT2D eigenvalue weighted by atomic mass is 35.5. The third-order valence-corrected chi connectivity index (χ3v) is 4.62. The molecule has 1 amide bonds. The third kappa shape index (κ3) is 3.13. The minimum Gasteiger partial charge on any atom is -0.354 e. The van der Waals surface area contributed by atoms with Gasteiger partial charge in [0, 0.05) is 24.1 Å². The lowest BCUT2D eigenvalue weighted by Crippen LogP contribution is -2.29. The normalized spacial score (nSPS) is 12.8. The van der Waals surface area contributed by atoms with Gasteiger partial charge in [0.1, 0.15) is 5.82 Å². The van der Waals surface area contributed by atoms with Gasteiger partial charge in [-0.05, 0) is 42.3 Å². The second-order valence-electron chi connectivity index (χ2n) is 6.05. The number of amides is 1. The average Bonchev–Trinajstić information content (AvgIpc) is 3.08. The number of nitrogens with one attached hydrogen (secondary N) is 1. The van der Waals surface area contributed by atoms with Gasteiger partial charge in [-0.3, -0.25) is 9.78 Å². The Bertz CT molecular complexity index is 992. The van der Waals surface area contributed by atoms with Gasteiger partial charge in [0.25, 0.3) is 5.91 Å². The van der Waals surface area contributed by atoms with Gasteiger partial charge in [0.15, 0.2) is 0 Å². The molecule has 130 valence electrons. The van der Waals surface area contributed by atoms with Crippen LogP contribution >= 0.6 is 11.6 Å². The zero-order valence-electron chi connectivity index (χ0n) is 13.7. The Morgan fingerprint density at radius 3 is 2.81 bits per heavy atom. The maximum Gasteiger partial charge on any atom is 0.259 e. The largest absolute Gasteiger partial charge is 0.354 e. The monoisotopic (exact) mass is 367 g/mol. The van der Waals surface area contributed by atoms with Crippen LogP contribution in [0.25, 0.3) is 0 Å². The zero-order valence-corrected chi connectivity index (χ0v) is 14.5. The predicted octanol–water partition coefficient (Wildman–Crippen LogP) is 4.82. The van der Waals surface area contributed by atoms with E-state index >= 15 is 0 Å². The van der Waals surface area contributed by atoms with E-state index in [0.29, 0.717) is 23.5 Å². The summed E-state index contributed by atoms with van der Waals surface area (Å²) >= 11 is 5.80. The quantitative estimate of drug-likeness (QED) is 0.721. The van der Waals surface area contributed by atoms with Crippen molar-refractivity contribution in [1.82, 2.24) is 4.98 Å². The molecule has 0 saturated carbocycles. The first kappa shape index (κ1) is 16.5. The number of carbonyl (C=O) groups is 1. The highest BCUT2D eigenvalue weighted by molar-refractivity contribution is 6.31. The van der Waals surface area contributed by atoms with Crippen LogP contribution in [0.15, 0.2) is 60.9 Å². The fourth-order valence-corrected chi connectivity index (χ4v) is 3.25. The van der Waals surface area contributed by atoms with Crippen LogP contribution in [-0.4, -0.2) is 17.4 Å². The number of hydrogen-bond donors (Lipinski definition) is 1. The van der Waals surface area contributed by atoms with Crippen LogP contribution in [0.3, 0.4) is 0 Å². The van der Waals surface area contributed by atoms with E-state index in [9.17, 15) is 9.18 Å². The van der Waals surface area contributed by atoms with E-state index < -0.39 is 5.82 Å². The molecule has 0 fully saturated rings. The number of aromatic nitrogens is 1. The average molecular weight is 368 g/mol. The molecule has 4 nitrogen and oxygen atoms in total. The van der Waals surface area contributed by atoms with Gasteiger partial charge in [-0.1, -0.05) is 29.8 Å². The number of hydrogen-bond acceptors (Lipinski definition) is 3. The van der Waals surface area contributed by atoms with Gasteiger partial charge in [0.2, 0.25) is 0 Å². The molecule has 0 saturated heterocycles. The Kier molecular flexibility index (Phi) is 4.31. The molecule has 6 heteroatoms. The van der Waals surface area contributed by atoms with E-state index in [1.54, 1.807) is 29.4 Å². The molecule has 0 spiro atoms. The lowest BCUT2D eigenvalue weighted by molar-refractivity contribution is 0.0989. The number of halogens is 2. The second kappa shape index (κ2) is 6.77. The first-order chi connectivity index (χ1) is 12.6. The molecule has 1 aromatic heterocycles. The molecule has 2 aromatic carbocycles. The van der Waals surface area contributed by atoms with Crippen molar-refractivity contribution < 1.29 is 9.18 Å². The number of rotatable bonds is 3. The van der Waals surface area contributed by atoms with Crippen molar-refractivity contribution >= 4 is 34.6 Å². The Morgan fingerprint density at radius 1 is 1.12 bits per heavy atom. The summed E-state index contributed by atoms with van der Waals surface area (Å²) in [5.74, 6) is -0.574. The summed E-state index contributed by atoms with van der Waals surface area (Å²) in [7, 11) is 0. The fraction of sp³-hybridized carbons (Fsp3) is 0.100. The highest BCUT2D eigenvalue weighted by Gasteiger charge is 2.25. The molecular formula is C20H15ClFN3O. The molecule has 1 aliphatic rings. The molecule has 2 heterocycles. The van der Waals surface area contributed by atoms with Gasteiger partial charge < -0.3 is 10.2 Å². The van der Waals surface area contributed by atoms with E-state index in [1.807, 2.05) is 24.3 Å². The van der Waals surface area contributed by atoms with Crippen molar-refractivity contribution in [3.63, 3.8) is 0 Å². The van der Waals surface area contributed by atoms with Crippen LogP contribution in [0.1, 0.15) is 15.9 Å². The number of nitrogens with zero attached hydrogens (tertiary/aromatic N) is 2. The molecule has 26 heavy (non-hydrogen) atoms. The van der Waals surface area contributed by atoms with E-state index in [0.717, 1.165) is 12.1 Å². The Hall–Kier alpha value is -2.92. The van der Waals surface area contributed by atoms with Gasteiger partial charge in [-0.15, -0.1) is 0 Å². The molecule has 0 unspecified atom stereocenters. The van der Waals surface area contributed by atoms with Crippen LogP contribution in [0.5, 0.6) is 0 Å². The highest BCUT2D eigenvalue weighted by Crippen LogP contribution is 2.29. The number of pyridine rings is 1. The van der Waals surface area contributed by atoms with Crippen molar-refractivity contribution in [2.75, 3.05) is 16.8 Å². The fourth-order valence-electron chi connectivity index (χ4n) is 3.07. The predicted molar refractivity (Wildman–Crippen MR) is 101 cm³/mol. The topological polar surface area (TPSA) is 45.2 Å². The molecular weight excluding hydrogens is 353 g/mol. The maximum atomic E-state index is 13.3. The number of fused-ring (bicyclic) bond motifs is 1. The first-order valence-corrected chi connectivity index (χ1v) is 8.56. The van der Waals surface area contributed by atoms with Crippen LogP contribution in [0, 0.1) is 5.82 Å². The maximum absolute atomic E-state index is 13.3. The molecule has 0 atom stereocenters. The minimum absolute atomic E-state index is 0.0314. The van der Waals surface area contributed by atoms with E-state index in [4.69, 9.17) is 11.6 Å². The Labute approximate surface area is 155 Å². The van der Waals surface area contributed by atoms with Crippen LogP contribution in [0.4, 0.5) is 21.5 Å². The standard InChI is InChI=1S/C20H15ClFN3O/c21-17-10-15(5-6-18(17)22)24-16-9-14(11-23-12-16)20(26)25-8-7-13-3-1-2-4-19(13)25/h1-6,9-12,24H,7-8H2. The SMILES string of the molecule is O=C(c1cncc(Nc2ccc(F)c(Cl)c2)c1)N1CCc2ccccc21. The lowest BCUT2D eigenvalue weighted by atomic mass is 10.2. The van der Waals surface area contributed by atoms with Crippen molar-refractivity contribution in [3.8, 4) is 0 Å². The van der Waals surface area contributed by atoms with Crippen LogP contribution in [-0.2, 0) is 6.42 Å². The van der Waals surface area contributed by atoms with E-state index in [1.165, 1.54) is 17.7 Å². The molecule has 1 aliphatic heterocycles. The van der Waals surface area contributed by atoms with Gasteiger partial charge in [0.05, 0.1) is 22.5 Å². The van der Waals surface area contributed by atoms with Gasteiger partial charge in [-0.2, -0.15) is 0 Å². The first-order valence-electron chi connectivity index (χ1n) is 8.19. The smallest absolute Gasteiger partial charge is 0.259 e. The Balaban J connectivity index is 1.58. The summed E-state index contributed by atoms with van der Waals surface area (Å²) in [6.07, 6.45) is 4.00. The summed E-state index contributed by atoms with van der Waals surface area (Å²) < 4.78 is 13.3. The third-order valence-electron chi connectivity index (χ3n) is 4.33. The molecule has 1 N–H and O–H groups in total. The van der Waals surface area contributed by atoms with E-state index in [2.05, 4.69) is 10.3 Å². The van der Waals surface area contributed by atoms with Crippen molar-refractivity contribution in [3.05, 3.63) is 82.9 Å². The number of anilines is 3. The Morgan fingerprint density at radius 2 is 1.96 bits per heavy atom.